The summed E-state index contributed by atoms with van der Waals surface area (Å²) in [7, 11) is 0. The lowest BCUT2D eigenvalue weighted by Crippen LogP contribution is -2.32. The Bertz CT molecular complexity index is 793. The van der Waals surface area contributed by atoms with Gasteiger partial charge in [-0.05, 0) is 26.0 Å². The van der Waals surface area contributed by atoms with Crippen molar-refractivity contribution in [3.8, 4) is 11.5 Å². The maximum atomic E-state index is 12.0. The summed E-state index contributed by atoms with van der Waals surface area (Å²) < 4.78 is 7.02. The zero-order chi connectivity index (χ0) is 16.9. The number of carbonyl (C=O) groups excluding carboxylic acids is 1. The lowest BCUT2D eigenvalue weighted by atomic mass is 10.1. The first-order valence-corrected chi connectivity index (χ1v) is 7.77. The molecule has 0 aliphatic carbocycles. The number of aromatic nitrogens is 4. The molecule has 7 nitrogen and oxygen atoms in total. The van der Waals surface area contributed by atoms with Crippen LogP contribution in [0.25, 0.3) is 11.5 Å². The zero-order valence-corrected chi connectivity index (χ0v) is 13.6. The van der Waals surface area contributed by atoms with Gasteiger partial charge in [-0.25, -0.2) is 14.6 Å². The molecule has 24 heavy (non-hydrogen) atoms. The fourth-order valence-corrected chi connectivity index (χ4v) is 2.25. The van der Waals surface area contributed by atoms with Crippen LogP contribution in [0.1, 0.15) is 24.2 Å². The summed E-state index contributed by atoms with van der Waals surface area (Å²) >= 11 is 0. The number of hydrogen-bond acceptors (Lipinski definition) is 5. The molecule has 1 amide bonds. The number of nitrogens with zero attached hydrogens (tertiary/aromatic N) is 4. The summed E-state index contributed by atoms with van der Waals surface area (Å²) in [4.78, 5) is 20.3. The third kappa shape index (κ3) is 3.68. The van der Waals surface area contributed by atoms with Crippen LogP contribution in [0.3, 0.4) is 0 Å². The van der Waals surface area contributed by atoms with Gasteiger partial charge in [0, 0.05) is 18.5 Å². The average molecular weight is 325 g/mol. The number of hydrogen-bond donors (Lipinski definition) is 1. The maximum absolute atomic E-state index is 12.0. The Kier molecular flexibility index (Phi) is 4.69. The van der Waals surface area contributed by atoms with E-state index in [0.29, 0.717) is 18.9 Å². The van der Waals surface area contributed by atoms with Crippen molar-refractivity contribution in [1.82, 2.24) is 25.1 Å². The number of oxazole rings is 1. The molecular weight excluding hydrogens is 306 g/mol. The molecule has 1 atom stereocenters. The topological polar surface area (TPSA) is 85.8 Å². The first-order chi connectivity index (χ1) is 11.6. The summed E-state index contributed by atoms with van der Waals surface area (Å²) in [6, 6.07) is 7.60. The first kappa shape index (κ1) is 15.9. The van der Waals surface area contributed by atoms with E-state index < -0.39 is 6.04 Å². The highest BCUT2D eigenvalue weighted by molar-refractivity contribution is 5.79. The van der Waals surface area contributed by atoms with E-state index in [1.165, 1.54) is 22.9 Å². The highest BCUT2D eigenvalue weighted by Crippen LogP contribution is 2.19. The number of benzene rings is 1. The second-order valence-electron chi connectivity index (χ2n) is 5.60. The monoisotopic (exact) mass is 325 g/mol. The highest BCUT2D eigenvalue weighted by atomic mass is 16.3. The van der Waals surface area contributed by atoms with E-state index in [-0.39, 0.29) is 5.91 Å². The van der Waals surface area contributed by atoms with Crippen LogP contribution in [-0.2, 0) is 11.2 Å². The van der Waals surface area contributed by atoms with Crippen LogP contribution in [0.5, 0.6) is 0 Å². The van der Waals surface area contributed by atoms with Crippen molar-refractivity contribution in [2.45, 2.75) is 26.3 Å². The van der Waals surface area contributed by atoms with Gasteiger partial charge >= 0.3 is 0 Å². The minimum Gasteiger partial charge on any atom is -0.444 e. The summed E-state index contributed by atoms with van der Waals surface area (Å²) in [6.07, 6.45) is 5.16. The Morgan fingerprint density at radius 1 is 1.33 bits per heavy atom. The molecule has 2 heterocycles. The van der Waals surface area contributed by atoms with E-state index in [1.807, 2.05) is 31.2 Å². The van der Waals surface area contributed by atoms with Gasteiger partial charge in [0.1, 0.15) is 25.0 Å². The Morgan fingerprint density at radius 2 is 2.12 bits per heavy atom. The third-order valence-electron chi connectivity index (χ3n) is 3.74. The molecule has 7 heteroatoms. The van der Waals surface area contributed by atoms with Crippen LogP contribution < -0.4 is 5.32 Å². The maximum Gasteiger partial charge on any atom is 0.244 e. The van der Waals surface area contributed by atoms with Crippen molar-refractivity contribution < 1.29 is 9.21 Å². The zero-order valence-electron chi connectivity index (χ0n) is 13.6. The second-order valence-corrected chi connectivity index (χ2v) is 5.60. The molecule has 0 fully saturated rings. The highest BCUT2D eigenvalue weighted by Gasteiger charge is 2.15. The van der Waals surface area contributed by atoms with Crippen molar-refractivity contribution in [2.24, 2.45) is 0 Å². The molecule has 124 valence electrons. The van der Waals surface area contributed by atoms with Crippen molar-refractivity contribution in [3.63, 3.8) is 0 Å². The Labute approximate surface area is 139 Å². The van der Waals surface area contributed by atoms with E-state index in [9.17, 15) is 4.79 Å². The van der Waals surface area contributed by atoms with E-state index >= 15 is 0 Å². The molecule has 3 aromatic rings. The van der Waals surface area contributed by atoms with Crippen LogP contribution in [0.2, 0.25) is 0 Å². The molecule has 0 radical (unpaired) electrons. The lowest BCUT2D eigenvalue weighted by Gasteiger charge is -2.11. The van der Waals surface area contributed by atoms with Gasteiger partial charge in [-0.15, -0.1) is 0 Å². The lowest BCUT2D eigenvalue weighted by molar-refractivity contribution is -0.124. The van der Waals surface area contributed by atoms with Crippen molar-refractivity contribution >= 4 is 5.91 Å². The number of aryl methyl sites for hydroxylation is 1. The predicted molar refractivity (Wildman–Crippen MR) is 88.1 cm³/mol. The van der Waals surface area contributed by atoms with Crippen LogP contribution in [0.4, 0.5) is 0 Å². The minimum absolute atomic E-state index is 0.109. The fraction of sp³-hybridized carbons (Fsp3) is 0.294. The molecular formula is C17H19N5O2. The molecule has 0 spiro atoms. The van der Waals surface area contributed by atoms with Crippen molar-refractivity contribution in [1.29, 1.82) is 0 Å². The molecule has 0 unspecified atom stereocenters. The van der Waals surface area contributed by atoms with Crippen LogP contribution in [0, 0.1) is 6.92 Å². The molecule has 0 aliphatic rings. The molecule has 3 rings (SSSR count). The van der Waals surface area contributed by atoms with E-state index in [1.54, 1.807) is 13.2 Å². The van der Waals surface area contributed by atoms with Gasteiger partial charge in [0.2, 0.25) is 11.8 Å². The molecule has 2 aromatic heterocycles. The van der Waals surface area contributed by atoms with Crippen molar-refractivity contribution in [2.75, 3.05) is 6.54 Å². The Balaban J connectivity index is 1.52. The number of carbonyl (C=O) groups is 1. The first-order valence-electron chi connectivity index (χ1n) is 7.77. The van der Waals surface area contributed by atoms with E-state index in [2.05, 4.69) is 20.4 Å². The Hall–Kier alpha value is -2.96. The molecule has 1 N–H and O–H groups in total. The van der Waals surface area contributed by atoms with Gasteiger partial charge < -0.3 is 9.73 Å². The van der Waals surface area contributed by atoms with Crippen LogP contribution in [-0.4, -0.2) is 32.2 Å². The summed E-state index contributed by atoms with van der Waals surface area (Å²) in [6.45, 7) is 4.29. The molecule has 0 aliphatic heterocycles. The van der Waals surface area contributed by atoms with Gasteiger partial charge in [-0.3, -0.25) is 4.79 Å². The number of rotatable bonds is 6. The van der Waals surface area contributed by atoms with Crippen molar-refractivity contribution in [3.05, 3.63) is 54.4 Å². The molecule has 0 bridgehead atoms. The smallest absolute Gasteiger partial charge is 0.244 e. The van der Waals surface area contributed by atoms with E-state index in [0.717, 1.165) is 11.3 Å². The fourth-order valence-electron chi connectivity index (χ4n) is 2.25. The molecule has 0 saturated heterocycles. The molecule has 1 aromatic carbocycles. The van der Waals surface area contributed by atoms with Gasteiger partial charge in [-0.1, -0.05) is 17.7 Å². The SMILES string of the molecule is Cc1ccc(-c2nc(CCNC(=O)[C@@H](C)n3cncn3)co2)cc1. The second kappa shape index (κ2) is 7.08. The van der Waals surface area contributed by atoms with E-state index in [4.69, 9.17) is 4.42 Å². The average Bonchev–Trinajstić information content (AvgIpc) is 3.26. The summed E-state index contributed by atoms with van der Waals surface area (Å²) in [5.41, 5.74) is 2.93. The van der Waals surface area contributed by atoms with Crippen LogP contribution >= 0.6 is 0 Å². The van der Waals surface area contributed by atoms with Crippen LogP contribution in [0.15, 0.2) is 47.6 Å². The number of amides is 1. The normalized spacial score (nSPS) is 12.1. The largest absolute Gasteiger partial charge is 0.444 e. The third-order valence-corrected chi connectivity index (χ3v) is 3.74. The summed E-state index contributed by atoms with van der Waals surface area (Å²) in [5, 5.41) is 6.83. The van der Waals surface area contributed by atoms with Gasteiger partial charge in [0.25, 0.3) is 0 Å². The molecule has 0 saturated carbocycles. The standard InChI is InChI=1S/C17H19N5O2/c1-12-3-5-14(6-4-12)17-21-15(9-24-17)7-8-19-16(23)13(2)22-11-18-10-20-22/h3-6,9-11,13H,7-8H2,1-2H3,(H,19,23)/t13-/m1/s1. The quantitative estimate of drug-likeness (QED) is 0.750. The van der Waals surface area contributed by atoms with Gasteiger partial charge in [-0.2, -0.15) is 5.10 Å². The number of nitrogens with one attached hydrogen (secondary N) is 1. The van der Waals surface area contributed by atoms with Gasteiger partial charge in [0.15, 0.2) is 0 Å². The minimum atomic E-state index is -0.395. The Morgan fingerprint density at radius 3 is 2.83 bits per heavy atom. The predicted octanol–water partition coefficient (Wildman–Crippen LogP) is 2.16. The summed E-state index contributed by atoms with van der Waals surface area (Å²) in [5.74, 6) is 0.482. The van der Waals surface area contributed by atoms with Gasteiger partial charge in [0.05, 0.1) is 5.69 Å².